The Labute approximate surface area is 118 Å². The van der Waals surface area contributed by atoms with Crippen LogP contribution in [0.15, 0.2) is 0 Å². The van der Waals surface area contributed by atoms with Crippen LogP contribution in [0.3, 0.4) is 0 Å². The topological polar surface area (TPSA) is 29.5 Å². The Morgan fingerprint density at radius 1 is 1.05 bits per heavy atom. The van der Waals surface area contributed by atoms with E-state index in [2.05, 4.69) is 18.7 Å². The average Bonchev–Trinajstić information content (AvgIpc) is 2.65. The molecule has 0 spiro atoms. The molecule has 0 bridgehead atoms. The highest BCUT2D eigenvalue weighted by atomic mass is 16.5. The van der Waals surface area contributed by atoms with E-state index in [9.17, 15) is 4.79 Å². The molecule has 1 saturated heterocycles. The minimum absolute atomic E-state index is 0.204. The first kappa shape index (κ1) is 16.6. The van der Waals surface area contributed by atoms with Crippen molar-refractivity contribution in [3.63, 3.8) is 0 Å². The van der Waals surface area contributed by atoms with Gasteiger partial charge in [-0.1, -0.05) is 12.8 Å². The van der Waals surface area contributed by atoms with Crippen LogP contribution in [-0.4, -0.2) is 42.0 Å². The van der Waals surface area contributed by atoms with E-state index in [0.29, 0.717) is 12.2 Å². The normalized spacial score (nSPS) is 19.2. The molecule has 0 N–H and O–H groups in total. The highest BCUT2D eigenvalue weighted by Gasteiger charge is 2.34. The van der Waals surface area contributed by atoms with Crippen molar-refractivity contribution in [1.29, 1.82) is 0 Å². The maximum Gasteiger partial charge on any atom is 0.152 e. The minimum Gasteiger partial charge on any atom is -0.379 e. The van der Waals surface area contributed by atoms with Gasteiger partial charge in [-0.25, -0.2) is 0 Å². The maximum absolute atomic E-state index is 12.5. The number of rotatable bonds is 6. The fourth-order valence-electron chi connectivity index (χ4n) is 2.63. The molecule has 1 fully saturated rings. The van der Waals surface area contributed by atoms with Crippen LogP contribution >= 0.6 is 0 Å². The Kier molecular flexibility index (Phi) is 6.00. The smallest absolute Gasteiger partial charge is 0.152 e. The van der Waals surface area contributed by atoms with Crippen molar-refractivity contribution in [3.05, 3.63) is 0 Å². The highest BCUT2D eigenvalue weighted by Crippen LogP contribution is 2.25. The van der Waals surface area contributed by atoms with E-state index in [1.54, 1.807) is 7.11 Å². The maximum atomic E-state index is 12.5. The number of hydrogen-bond donors (Lipinski definition) is 0. The van der Waals surface area contributed by atoms with E-state index >= 15 is 0 Å². The molecule has 0 radical (unpaired) electrons. The van der Waals surface area contributed by atoms with Gasteiger partial charge in [-0.15, -0.1) is 0 Å². The summed E-state index contributed by atoms with van der Waals surface area (Å²) in [7, 11) is 1.71. The zero-order valence-corrected chi connectivity index (χ0v) is 13.4. The van der Waals surface area contributed by atoms with Gasteiger partial charge in [-0.05, 0) is 60.0 Å². The van der Waals surface area contributed by atoms with E-state index in [4.69, 9.17) is 4.74 Å². The Bertz CT molecular complexity index is 289. The van der Waals surface area contributed by atoms with E-state index in [1.165, 1.54) is 25.7 Å². The van der Waals surface area contributed by atoms with Gasteiger partial charge in [0.05, 0.1) is 11.1 Å². The van der Waals surface area contributed by atoms with Crippen molar-refractivity contribution in [2.45, 2.75) is 77.4 Å². The Hall–Kier alpha value is -0.410. The molecule has 0 aliphatic carbocycles. The van der Waals surface area contributed by atoms with Gasteiger partial charge in [-0.2, -0.15) is 0 Å². The summed E-state index contributed by atoms with van der Waals surface area (Å²) in [5.41, 5.74) is -0.529. The van der Waals surface area contributed by atoms with Crippen molar-refractivity contribution >= 4 is 5.78 Å². The number of methoxy groups -OCH3 is 1. The van der Waals surface area contributed by atoms with Crippen molar-refractivity contribution in [3.8, 4) is 0 Å². The molecule has 0 amide bonds. The quantitative estimate of drug-likeness (QED) is 0.740. The molecule has 1 aliphatic rings. The summed E-state index contributed by atoms with van der Waals surface area (Å²) in [5.74, 6) is 0.347. The SMILES string of the molecule is COC(C)(C)CCC(=O)C(C)(C)N1CCCCCC1. The predicted molar refractivity (Wildman–Crippen MR) is 79.4 cm³/mol. The molecule has 0 aromatic carbocycles. The summed E-state index contributed by atoms with van der Waals surface area (Å²) in [4.78, 5) is 14.9. The zero-order chi connectivity index (χ0) is 14.5. The summed E-state index contributed by atoms with van der Waals surface area (Å²) in [6.45, 7) is 10.4. The molecule has 0 saturated carbocycles. The van der Waals surface area contributed by atoms with Gasteiger partial charge in [0, 0.05) is 13.5 Å². The van der Waals surface area contributed by atoms with Crippen molar-refractivity contribution in [1.82, 2.24) is 4.90 Å². The number of carbonyl (C=O) groups excluding carboxylic acids is 1. The highest BCUT2D eigenvalue weighted by molar-refractivity contribution is 5.87. The molecule has 0 unspecified atom stereocenters. The lowest BCUT2D eigenvalue weighted by Gasteiger charge is -2.37. The fourth-order valence-corrected chi connectivity index (χ4v) is 2.63. The molecule has 19 heavy (non-hydrogen) atoms. The lowest BCUT2D eigenvalue weighted by Crippen LogP contribution is -2.50. The number of ether oxygens (including phenoxy) is 1. The van der Waals surface area contributed by atoms with E-state index in [-0.39, 0.29) is 11.1 Å². The third kappa shape index (κ3) is 4.88. The van der Waals surface area contributed by atoms with Crippen molar-refractivity contribution < 1.29 is 9.53 Å². The van der Waals surface area contributed by atoms with Crippen LogP contribution in [0.25, 0.3) is 0 Å². The number of likely N-dealkylation sites (tertiary alicyclic amines) is 1. The molecule has 1 rings (SSSR count). The second-order valence-electron chi connectivity index (χ2n) is 6.85. The number of carbonyl (C=O) groups is 1. The Balaban J connectivity index is 2.57. The minimum atomic E-state index is -0.325. The molecule has 1 aliphatic heterocycles. The van der Waals surface area contributed by atoms with Gasteiger partial charge < -0.3 is 4.74 Å². The molecular weight excluding hydrogens is 238 g/mol. The summed E-state index contributed by atoms with van der Waals surface area (Å²) in [5, 5.41) is 0. The molecule has 0 aromatic rings. The van der Waals surface area contributed by atoms with Crippen molar-refractivity contribution in [2.75, 3.05) is 20.2 Å². The summed E-state index contributed by atoms with van der Waals surface area (Å²) in [6.07, 6.45) is 6.44. The number of nitrogens with zero attached hydrogens (tertiary/aromatic N) is 1. The number of hydrogen-bond acceptors (Lipinski definition) is 3. The first-order valence-corrected chi connectivity index (χ1v) is 7.63. The third-order valence-corrected chi connectivity index (χ3v) is 4.59. The predicted octanol–water partition coefficient (Wildman–Crippen LogP) is 3.42. The first-order valence-electron chi connectivity index (χ1n) is 7.63. The van der Waals surface area contributed by atoms with Gasteiger partial charge >= 0.3 is 0 Å². The van der Waals surface area contributed by atoms with Gasteiger partial charge in [0.2, 0.25) is 0 Å². The number of Topliss-reactive ketones (excluding diaryl/α,β-unsaturated/α-hetero) is 1. The number of ketones is 1. The Morgan fingerprint density at radius 3 is 2.05 bits per heavy atom. The fraction of sp³-hybridized carbons (Fsp3) is 0.938. The average molecular weight is 269 g/mol. The lowest BCUT2D eigenvalue weighted by molar-refractivity contribution is -0.130. The largest absolute Gasteiger partial charge is 0.379 e. The van der Waals surface area contributed by atoms with Crippen molar-refractivity contribution in [2.24, 2.45) is 0 Å². The van der Waals surface area contributed by atoms with Crippen LogP contribution in [0.5, 0.6) is 0 Å². The molecule has 1 heterocycles. The third-order valence-electron chi connectivity index (χ3n) is 4.59. The van der Waals surface area contributed by atoms with E-state index < -0.39 is 0 Å². The second-order valence-corrected chi connectivity index (χ2v) is 6.85. The lowest BCUT2D eigenvalue weighted by atomic mass is 9.89. The van der Waals surface area contributed by atoms with E-state index in [0.717, 1.165) is 19.5 Å². The molecule has 0 aromatic heterocycles. The van der Waals surface area contributed by atoms with Gasteiger partial charge in [0.25, 0.3) is 0 Å². The van der Waals surface area contributed by atoms with Crippen LogP contribution < -0.4 is 0 Å². The monoisotopic (exact) mass is 269 g/mol. The summed E-state index contributed by atoms with van der Waals surface area (Å²) >= 11 is 0. The zero-order valence-electron chi connectivity index (χ0n) is 13.4. The van der Waals surface area contributed by atoms with Crippen LogP contribution in [0, 0.1) is 0 Å². The van der Waals surface area contributed by atoms with Crippen LogP contribution in [0.2, 0.25) is 0 Å². The molecule has 0 atom stereocenters. The van der Waals surface area contributed by atoms with Crippen LogP contribution in [0.1, 0.15) is 66.2 Å². The first-order chi connectivity index (χ1) is 8.79. The second kappa shape index (κ2) is 6.85. The van der Waals surface area contributed by atoms with Gasteiger partial charge in [0.15, 0.2) is 5.78 Å². The van der Waals surface area contributed by atoms with Gasteiger partial charge in [-0.3, -0.25) is 9.69 Å². The molecule has 3 nitrogen and oxygen atoms in total. The molecule has 3 heteroatoms. The van der Waals surface area contributed by atoms with E-state index in [1.807, 2.05) is 13.8 Å². The van der Waals surface area contributed by atoms with Crippen LogP contribution in [-0.2, 0) is 9.53 Å². The van der Waals surface area contributed by atoms with Crippen LogP contribution in [0.4, 0.5) is 0 Å². The molecule has 112 valence electrons. The van der Waals surface area contributed by atoms with Gasteiger partial charge in [0.1, 0.15) is 0 Å². The summed E-state index contributed by atoms with van der Waals surface area (Å²) < 4.78 is 5.40. The molecular formula is C16H31NO2. The summed E-state index contributed by atoms with van der Waals surface area (Å²) in [6, 6.07) is 0. The Morgan fingerprint density at radius 2 is 1.58 bits per heavy atom. The standard InChI is InChI=1S/C16H31NO2/c1-15(2,19-5)11-10-14(18)16(3,4)17-12-8-6-7-9-13-17/h6-13H2,1-5H3.